The normalized spacial score (nSPS) is 9.78. The van der Waals surface area contributed by atoms with Gasteiger partial charge in [0.25, 0.3) is 0 Å². The Morgan fingerprint density at radius 2 is 1.61 bits per heavy atom. The number of fused-ring (bicyclic) bond motifs is 1. The summed E-state index contributed by atoms with van der Waals surface area (Å²) in [4.78, 5) is 25.1. The van der Waals surface area contributed by atoms with Crippen LogP contribution in [-0.4, -0.2) is 75.2 Å². The quantitative estimate of drug-likeness (QED) is 0.711. The Kier molecular flexibility index (Phi) is 7.27. The Balaban J connectivity index is 0.00000132. The van der Waals surface area contributed by atoms with Gasteiger partial charge in [0.15, 0.2) is 0 Å². The van der Waals surface area contributed by atoms with Gasteiger partial charge in [-0.25, -0.2) is 4.79 Å². The first-order chi connectivity index (χ1) is 10.0. The number of carbonyl (C=O) groups is 1. The number of aromatic amines is 1. The summed E-state index contributed by atoms with van der Waals surface area (Å²) >= 11 is 0. The molecule has 0 amide bonds. The number of rotatable bonds is 2. The second kappa shape index (κ2) is 8.29. The van der Waals surface area contributed by atoms with Crippen molar-refractivity contribution in [1.29, 1.82) is 0 Å². The third kappa shape index (κ3) is 4.35. The molecular weight excluding hydrogens is 312 g/mol. The minimum atomic E-state index is -0.936. The summed E-state index contributed by atoms with van der Waals surface area (Å²) in [5, 5.41) is 9.87. The average molecular weight is 325 g/mol. The number of hydrogen-bond acceptors (Lipinski definition) is 2. The fourth-order valence-electron chi connectivity index (χ4n) is 2.42. The maximum Gasteiger partial charge on any atom is 0.335 e. The van der Waals surface area contributed by atoms with Gasteiger partial charge in [0.2, 0.25) is 5.56 Å². The van der Waals surface area contributed by atoms with Crippen molar-refractivity contribution in [2.24, 2.45) is 0 Å². The molecule has 0 aliphatic rings. The average Bonchev–Trinajstić information content (AvgIpc) is 2.48. The SMILES string of the molecule is Cc1cc(-c2ccc(C(=O)O)cc2)cc2ccc(=O)[nH]c12.[Na].[Na]. The Morgan fingerprint density at radius 3 is 2.22 bits per heavy atom. The molecule has 0 bridgehead atoms. The van der Waals surface area contributed by atoms with Crippen LogP contribution < -0.4 is 5.56 Å². The minimum Gasteiger partial charge on any atom is -0.478 e. The standard InChI is InChI=1S/C17H13NO3.2Na/c1-10-8-14(9-13-6-7-15(19)18-16(10)13)11-2-4-12(5-3-11)17(20)21;;/h2-9H,1H3,(H,18,19)(H,20,21);;. The molecule has 2 N–H and O–H groups in total. The van der Waals surface area contributed by atoms with Gasteiger partial charge in [-0.3, -0.25) is 4.79 Å². The summed E-state index contributed by atoms with van der Waals surface area (Å²) in [5.74, 6) is -0.936. The van der Waals surface area contributed by atoms with E-state index in [9.17, 15) is 9.59 Å². The molecule has 0 unspecified atom stereocenters. The third-order valence-corrected chi connectivity index (χ3v) is 3.49. The molecule has 3 rings (SSSR count). The van der Waals surface area contributed by atoms with E-state index in [1.54, 1.807) is 30.3 Å². The number of aryl methyl sites for hydroxylation is 1. The summed E-state index contributed by atoms with van der Waals surface area (Å²) in [7, 11) is 0. The van der Waals surface area contributed by atoms with E-state index >= 15 is 0 Å². The largest absolute Gasteiger partial charge is 0.478 e. The number of aromatic carboxylic acids is 1. The predicted octanol–water partition coefficient (Wildman–Crippen LogP) is 2.44. The van der Waals surface area contributed by atoms with E-state index in [1.807, 2.05) is 19.1 Å². The molecule has 0 fully saturated rings. The Labute approximate surface area is 177 Å². The summed E-state index contributed by atoms with van der Waals surface area (Å²) in [6.45, 7) is 1.94. The van der Waals surface area contributed by atoms with Crippen molar-refractivity contribution in [3.8, 4) is 11.1 Å². The first-order valence-electron chi connectivity index (χ1n) is 6.52. The molecule has 0 atom stereocenters. The molecule has 0 spiro atoms. The van der Waals surface area contributed by atoms with Crippen LogP contribution in [0.25, 0.3) is 22.0 Å². The molecule has 106 valence electrons. The Bertz CT molecular complexity index is 902. The fraction of sp³-hybridized carbons (Fsp3) is 0.0588. The van der Waals surface area contributed by atoms with Crippen molar-refractivity contribution >= 4 is 76.0 Å². The zero-order valence-electron chi connectivity index (χ0n) is 13.4. The van der Waals surface area contributed by atoms with Crippen molar-refractivity contribution < 1.29 is 9.90 Å². The molecule has 6 heteroatoms. The number of hydrogen-bond donors (Lipinski definition) is 2. The van der Waals surface area contributed by atoms with E-state index in [0.29, 0.717) is 0 Å². The van der Waals surface area contributed by atoms with Crippen LogP contribution in [0.15, 0.2) is 53.3 Å². The number of H-pyrrole nitrogens is 1. The first kappa shape index (κ1) is 20.2. The molecular formula is C17H13NNa2O3. The van der Waals surface area contributed by atoms with Crippen LogP contribution in [-0.2, 0) is 0 Å². The molecule has 2 radical (unpaired) electrons. The van der Waals surface area contributed by atoms with Gasteiger partial charge in [-0.1, -0.05) is 12.1 Å². The van der Waals surface area contributed by atoms with Crippen LogP contribution in [0, 0.1) is 6.92 Å². The van der Waals surface area contributed by atoms with Gasteiger partial charge in [0.1, 0.15) is 0 Å². The van der Waals surface area contributed by atoms with Gasteiger partial charge in [-0.05, 0) is 59.3 Å². The van der Waals surface area contributed by atoms with Gasteiger partial charge in [-0.2, -0.15) is 0 Å². The van der Waals surface area contributed by atoms with E-state index < -0.39 is 5.97 Å². The van der Waals surface area contributed by atoms with Crippen LogP contribution in [0.4, 0.5) is 0 Å². The molecule has 2 aromatic carbocycles. The molecule has 1 aromatic heterocycles. The van der Waals surface area contributed by atoms with E-state index in [1.165, 1.54) is 6.07 Å². The number of pyridine rings is 1. The smallest absolute Gasteiger partial charge is 0.335 e. The molecule has 0 aliphatic carbocycles. The number of benzene rings is 2. The van der Waals surface area contributed by atoms with Crippen LogP contribution in [0.3, 0.4) is 0 Å². The number of carboxylic acids is 1. The van der Waals surface area contributed by atoms with E-state index in [2.05, 4.69) is 4.98 Å². The predicted molar refractivity (Wildman–Crippen MR) is 93.2 cm³/mol. The van der Waals surface area contributed by atoms with Crippen LogP contribution >= 0.6 is 0 Å². The maximum absolute atomic E-state index is 11.4. The van der Waals surface area contributed by atoms with Gasteiger partial charge in [0, 0.05) is 65.2 Å². The molecule has 0 aliphatic heterocycles. The van der Waals surface area contributed by atoms with Crippen LogP contribution in [0.5, 0.6) is 0 Å². The van der Waals surface area contributed by atoms with E-state index in [0.717, 1.165) is 27.6 Å². The van der Waals surface area contributed by atoms with Crippen molar-refractivity contribution in [3.63, 3.8) is 0 Å². The second-order valence-corrected chi connectivity index (χ2v) is 4.96. The van der Waals surface area contributed by atoms with Gasteiger partial charge >= 0.3 is 5.97 Å². The fourth-order valence-corrected chi connectivity index (χ4v) is 2.42. The molecule has 23 heavy (non-hydrogen) atoms. The summed E-state index contributed by atoms with van der Waals surface area (Å²) in [6.07, 6.45) is 0. The van der Waals surface area contributed by atoms with Crippen LogP contribution in [0.2, 0.25) is 0 Å². The van der Waals surface area contributed by atoms with Crippen molar-refractivity contribution in [2.45, 2.75) is 6.92 Å². The van der Waals surface area contributed by atoms with Crippen molar-refractivity contribution in [2.75, 3.05) is 0 Å². The molecule has 0 saturated carbocycles. The Morgan fingerprint density at radius 1 is 0.957 bits per heavy atom. The monoisotopic (exact) mass is 325 g/mol. The summed E-state index contributed by atoms with van der Waals surface area (Å²) in [6, 6.07) is 14.0. The third-order valence-electron chi connectivity index (χ3n) is 3.49. The van der Waals surface area contributed by atoms with Crippen molar-refractivity contribution in [3.05, 3.63) is 70.0 Å². The maximum atomic E-state index is 11.4. The van der Waals surface area contributed by atoms with Gasteiger partial charge in [-0.15, -0.1) is 0 Å². The molecule has 3 aromatic rings. The minimum absolute atomic E-state index is 0. The van der Waals surface area contributed by atoms with Gasteiger partial charge < -0.3 is 10.1 Å². The second-order valence-electron chi connectivity index (χ2n) is 4.96. The molecule has 1 heterocycles. The molecule has 4 nitrogen and oxygen atoms in total. The molecule has 0 saturated heterocycles. The first-order valence-corrected chi connectivity index (χ1v) is 6.52. The zero-order chi connectivity index (χ0) is 15.0. The zero-order valence-corrected chi connectivity index (χ0v) is 17.4. The Hall–Kier alpha value is -0.880. The number of carboxylic acid groups (broad SMARTS) is 1. The summed E-state index contributed by atoms with van der Waals surface area (Å²) < 4.78 is 0. The summed E-state index contributed by atoms with van der Waals surface area (Å²) in [5.41, 5.74) is 3.88. The topological polar surface area (TPSA) is 70.2 Å². The van der Waals surface area contributed by atoms with E-state index in [-0.39, 0.29) is 70.2 Å². The van der Waals surface area contributed by atoms with Crippen LogP contribution in [0.1, 0.15) is 15.9 Å². The van der Waals surface area contributed by atoms with E-state index in [4.69, 9.17) is 5.11 Å². The van der Waals surface area contributed by atoms with Gasteiger partial charge in [0.05, 0.1) is 11.1 Å². The van der Waals surface area contributed by atoms with Crippen molar-refractivity contribution in [1.82, 2.24) is 4.98 Å². The number of aromatic nitrogens is 1. The number of nitrogens with one attached hydrogen (secondary N) is 1.